The molecule has 10 heteroatoms. The second-order valence-electron chi connectivity index (χ2n) is 5.61. The molecule has 0 saturated carbocycles. The zero-order valence-corrected chi connectivity index (χ0v) is 15.0. The van der Waals surface area contributed by atoms with Crippen molar-refractivity contribution in [2.24, 2.45) is 7.05 Å². The number of nitrogens with one attached hydrogen (secondary N) is 1. The molecule has 2 aromatic heterocycles. The number of tetrazole rings is 1. The Labute approximate surface area is 158 Å². The van der Waals surface area contributed by atoms with Crippen molar-refractivity contribution in [2.75, 3.05) is 5.32 Å². The van der Waals surface area contributed by atoms with E-state index in [4.69, 9.17) is 0 Å². The lowest BCUT2D eigenvalue weighted by atomic mass is 10.2. The van der Waals surface area contributed by atoms with Crippen LogP contribution >= 0.6 is 11.8 Å². The molecule has 0 atom stereocenters. The molecule has 2 heterocycles. The number of nitrogens with zero attached hydrogens (tertiary/aromatic N) is 7. The minimum Gasteiger partial charge on any atom is -0.322 e. The fourth-order valence-corrected chi connectivity index (χ4v) is 3.11. The lowest BCUT2D eigenvalue weighted by Gasteiger charge is -2.08. The van der Waals surface area contributed by atoms with E-state index in [1.54, 1.807) is 24.5 Å². The first-order chi connectivity index (χ1) is 13.2. The SMILES string of the molecule is Cn1cnnc1Sc1ccc(NC(=O)c2cccc(-n3cnnn3)c2)cc1. The topological polar surface area (TPSA) is 103 Å². The van der Waals surface area contributed by atoms with Crippen LogP contribution in [0.5, 0.6) is 0 Å². The van der Waals surface area contributed by atoms with Crippen LogP contribution in [0.4, 0.5) is 5.69 Å². The highest BCUT2D eigenvalue weighted by Crippen LogP contribution is 2.26. The number of anilines is 1. The third-order valence-electron chi connectivity index (χ3n) is 3.71. The van der Waals surface area contributed by atoms with Gasteiger partial charge in [-0.15, -0.1) is 15.3 Å². The normalized spacial score (nSPS) is 10.7. The highest BCUT2D eigenvalue weighted by Gasteiger charge is 2.09. The van der Waals surface area contributed by atoms with Crippen LogP contribution in [0.2, 0.25) is 0 Å². The fourth-order valence-electron chi connectivity index (χ4n) is 2.35. The lowest BCUT2D eigenvalue weighted by Crippen LogP contribution is -2.12. The molecular formula is C17H14N8OS. The summed E-state index contributed by atoms with van der Waals surface area (Å²) in [6, 6.07) is 14.6. The largest absolute Gasteiger partial charge is 0.322 e. The van der Waals surface area contributed by atoms with Gasteiger partial charge in [0.25, 0.3) is 5.91 Å². The number of hydrogen-bond donors (Lipinski definition) is 1. The molecule has 27 heavy (non-hydrogen) atoms. The molecule has 0 fully saturated rings. The standard InChI is InChI=1S/C17H14N8OS/c1-24-10-18-21-17(24)27-15-7-5-13(6-8-15)20-16(26)12-3-2-4-14(9-12)25-11-19-22-23-25/h2-11H,1H3,(H,20,26). The Morgan fingerprint density at radius 3 is 2.63 bits per heavy atom. The molecule has 0 aliphatic rings. The van der Waals surface area contributed by atoms with Crippen molar-refractivity contribution >= 4 is 23.4 Å². The highest BCUT2D eigenvalue weighted by atomic mass is 32.2. The summed E-state index contributed by atoms with van der Waals surface area (Å²) in [4.78, 5) is 13.5. The van der Waals surface area contributed by atoms with Crippen LogP contribution in [0.3, 0.4) is 0 Å². The van der Waals surface area contributed by atoms with E-state index in [0.717, 1.165) is 10.1 Å². The van der Waals surface area contributed by atoms with Crippen LogP contribution in [-0.2, 0) is 7.05 Å². The summed E-state index contributed by atoms with van der Waals surface area (Å²) in [5.41, 5.74) is 1.93. The van der Waals surface area contributed by atoms with Gasteiger partial charge in [0.2, 0.25) is 0 Å². The van der Waals surface area contributed by atoms with E-state index in [0.29, 0.717) is 16.9 Å². The summed E-state index contributed by atoms with van der Waals surface area (Å²) in [5.74, 6) is -0.210. The van der Waals surface area contributed by atoms with E-state index < -0.39 is 0 Å². The summed E-state index contributed by atoms with van der Waals surface area (Å²) in [5, 5.41) is 22.6. The molecule has 0 spiro atoms. The molecule has 134 valence electrons. The lowest BCUT2D eigenvalue weighted by molar-refractivity contribution is 0.102. The van der Waals surface area contributed by atoms with Crippen LogP contribution in [0.15, 0.2) is 71.2 Å². The summed E-state index contributed by atoms with van der Waals surface area (Å²) >= 11 is 1.50. The maximum Gasteiger partial charge on any atom is 0.255 e. The highest BCUT2D eigenvalue weighted by molar-refractivity contribution is 7.99. The molecule has 0 saturated heterocycles. The van der Waals surface area contributed by atoms with Crippen molar-refractivity contribution in [1.29, 1.82) is 0 Å². The van der Waals surface area contributed by atoms with Crippen LogP contribution in [0.1, 0.15) is 10.4 Å². The van der Waals surface area contributed by atoms with Crippen LogP contribution in [0.25, 0.3) is 5.69 Å². The first-order valence-electron chi connectivity index (χ1n) is 7.96. The number of aromatic nitrogens is 7. The Balaban J connectivity index is 1.45. The molecule has 4 aromatic rings. The number of hydrogen-bond acceptors (Lipinski definition) is 7. The number of aryl methyl sites for hydroxylation is 1. The molecule has 1 amide bonds. The van der Waals surface area contributed by atoms with Crippen molar-refractivity contribution < 1.29 is 4.79 Å². The zero-order valence-electron chi connectivity index (χ0n) is 14.2. The second kappa shape index (κ2) is 7.38. The molecule has 0 aliphatic heterocycles. The Morgan fingerprint density at radius 2 is 1.93 bits per heavy atom. The Hall–Kier alpha value is -3.53. The first kappa shape index (κ1) is 16.9. The smallest absolute Gasteiger partial charge is 0.255 e. The number of benzene rings is 2. The van der Waals surface area contributed by atoms with Crippen LogP contribution in [-0.4, -0.2) is 40.9 Å². The van der Waals surface area contributed by atoms with Crippen molar-refractivity contribution in [1.82, 2.24) is 35.0 Å². The van der Waals surface area contributed by atoms with Crippen molar-refractivity contribution in [2.45, 2.75) is 10.1 Å². The summed E-state index contributed by atoms with van der Waals surface area (Å²) in [6.07, 6.45) is 3.13. The molecule has 0 aliphatic carbocycles. The molecule has 0 bridgehead atoms. The van der Waals surface area contributed by atoms with Gasteiger partial charge in [0.1, 0.15) is 12.7 Å². The van der Waals surface area contributed by atoms with Gasteiger partial charge in [-0.2, -0.15) is 0 Å². The van der Waals surface area contributed by atoms with Gasteiger partial charge < -0.3 is 9.88 Å². The van der Waals surface area contributed by atoms with Crippen LogP contribution < -0.4 is 5.32 Å². The zero-order chi connectivity index (χ0) is 18.6. The Bertz CT molecular complexity index is 1060. The third kappa shape index (κ3) is 3.85. The first-order valence-corrected chi connectivity index (χ1v) is 8.77. The fraction of sp³-hybridized carbons (Fsp3) is 0.0588. The van der Waals surface area contributed by atoms with Gasteiger partial charge in [-0.05, 0) is 64.7 Å². The predicted molar refractivity (Wildman–Crippen MR) is 98.7 cm³/mol. The molecule has 1 N–H and O–H groups in total. The Kier molecular flexibility index (Phi) is 4.62. The second-order valence-corrected chi connectivity index (χ2v) is 6.65. The molecule has 0 unspecified atom stereocenters. The molecular weight excluding hydrogens is 364 g/mol. The van der Waals surface area contributed by atoms with Crippen molar-refractivity contribution in [3.63, 3.8) is 0 Å². The van der Waals surface area contributed by atoms with Gasteiger partial charge in [0.15, 0.2) is 5.16 Å². The number of rotatable bonds is 5. The number of carbonyl (C=O) groups is 1. The molecule has 2 aromatic carbocycles. The predicted octanol–water partition coefficient (Wildman–Crippen LogP) is 2.19. The van der Waals surface area contributed by atoms with Gasteiger partial charge in [-0.25, -0.2) is 4.68 Å². The monoisotopic (exact) mass is 378 g/mol. The molecule has 0 radical (unpaired) electrons. The maximum absolute atomic E-state index is 12.5. The van der Waals surface area contributed by atoms with E-state index in [1.165, 1.54) is 22.8 Å². The third-order valence-corrected chi connectivity index (χ3v) is 4.77. The summed E-state index contributed by atoms with van der Waals surface area (Å²) < 4.78 is 3.34. The van der Waals surface area contributed by atoms with Crippen molar-refractivity contribution in [3.8, 4) is 5.69 Å². The van der Waals surface area contributed by atoms with E-state index in [9.17, 15) is 4.79 Å². The summed E-state index contributed by atoms with van der Waals surface area (Å²) in [6.45, 7) is 0. The quantitative estimate of drug-likeness (QED) is 0.568. The van der Waals surface area contributed by atoms with Crippen LogP contribution in [0, 0.1) is 0 Å². The summed E-state index contributed by atoms with van der Waals surface area (Å²) in [7, 11) is 1.89. The van der Waals surface area contributed by atoms with E-state index in [2.05, 4.69) is 31.0 Å². The average molecular weight is 378 g/mol. The number of amides is 1. The van der Waals surface area contributed by atoms with E-state index in [-0.39, 0.29) is 5.91 Å². The van der Waals surface area contributed by atoms with Gasteiger partial charge in [0.05, 0.1) is 5.69 Å². The van der Waals surface area contributed by atoms with Gasteiger partial charge in [-0.1, -0.05) is 6.07 Å². The maximum atomic E-state index is 12.5. The Morgan fingerprint density at radius 1 is 1.07 bits per heavy atom. The molecule has 9 nitrogen and oxygen atoms in total. The van der Waals surface area contributed by atoms with E-state index in [1.807, 2.05) is 41.9 Å². The van der Waals surface area contributed by atoms with Gasteiger partial charge in [-0.3, -0.25) is 4.79 Å². The average Bonchev–Trinajstić information content (AvgIpc) is 3.36. The minimum atomic E-state index is -0.210. The van der Waals surface area contributed by atoms with Crippen molar-refractivity contribution in [3.05, 3.63) is 66.7 Å². The van der Waals surface area contributed by atoms with E-state index >= 15 is 0 Å². The van der Waals surface area contributed by atoms with Gasteiger partial charge in [0, 0.05) is 23.2 Å². The molecule has 4 rings (SSSR count). The van der Waals surface area contributed by atoms with Gasteiger partial charge >= 0.3 is 0 Å². The number of carbonyl (C=O) groups excluding carboxylic acids is 1. The minimum absolute atomic E-state index is 0.210.